The van der Waals surface area contributed by atoms with Crippen molar-refractivity contribution in [3.63, 3.8) is 0 Å². The molecule has 0 aliphatic carbocycles. The van der Waals surface area contributed by atoms with Crippen LogP contribution in [0.4, 0.5) is 0 Å². The Labute approximate surface area is 159 Å². The maximum Gasteiger partial charge on any atom is 0.500 e. The molecule has 0 aliphatic heterocycles. The molecule has 3 N–H and O–H groups in total. The van der Waals surface area contributed by atoms with Crippen LogP contribution in [0.3, 0.4) is 0 Å². The van der Waals surface area contributed by atoms with Gasteiger partial charge in [-0.25, -0.2) is 0 Å². The molecule has 0 saturated carbocycles. The van der Waals surface area contributed by atoms with Gasteiger partial charge in [-0.1, -0.05) is 0 Å². The maximum absolute atomic E-state index is 11.1. The Morgan fingerprint density at radius 3 is 1.56 bits per heavy atom. The van der Waals surface area contributed by atoms with Crippen molar-refractivity contribution in [1.82, 2.24) is 9.80 Å². The second-order valence-electron chi connectivity index (χ2n) is 5.88. The number of carboxylic acids is 3. The number of hydrogen-bond acceptors (Lipinski definition) is 8. The Morgan fingerprint density at radius 1 is 0.741 bits per heavy atom. The summed E-state index contributed by atoms with van der Waals surface area (Å²) in [6.45, 7) is 0.532. The molecule has 12 heteroatoms. The molecule has 0 heterocycles. The second kappa shape index (κ2) is 13.6. The summed E-state index contributed by atoms with van der Waals surface area (Å²) in [4.78, 5) is 35.8. The van der Waals surface area contributed by atoms with Crippen molar-refractivity contribution in [3.8, 4) is 0 Å². The van der Waals surface area contributed by atoms with Crippen molar-refractivity contribution in [2.24, 2.45) is 0 Å². The lowest BCUT2D eigenvalue weighted by atomic mass is 10.3. The summed E-state index contributed by atoms with van der Waals surface area (Å²) in [5.74, 6) is -3.09. The summed E-state index contributed by atoms with van der Waals surface area (Å²) < 4.78 is 16.0. The molecule has 0 aliphatic rings. The molecule has 0 saturated heterocycles. The fourth-order valence-corrected chi connectivity index (χ4v) is 4.24. The van der Waals surface area contributed by atoms with Crippen molar-refractivity contribution in [3.05, 3.63) is 0 Å². The third-order valence-electron chi connectivity index (χ3n) is 3.98. The Kier molecular flexibility index (Phi) is 12.8. The van der Waals surface area contributed by atoms with Gasteiger partial charge in [0, 0.05) is 47.0 Å². The van der Waals surface area contributed by atoms with E-state index in [0.29, 0.717) is 25.6 Å². The summed E-state index contributed by atoms with van der Waals surface area (Å²) in [5, 5.41) is 26.8. The lowest BCUT2D eigenvalue weighted by Crippen LogP contribution is -2.44. The minimum Gasteiger partial charge on any atom is -0.481 e. The lowest BCUT2D eigenvalue weighted by Gasteiger charge is -2.27. The first kappa shape index (κ1) is 25.4. The van der Waals surface area contributed by atoms with Gasteiger partial charge in [0.15, 0.2) is 0 Å². The van der Waals surface area contributed by atoms with Crippen LogP contribution in [0.1, 0.15) is 12.8 Å². The van der Waals surface area contributed by atoms with Gasteiger partial charge in [0.2, 0.25) is 0 Å². The highest BCUT2D eigenvalue weighted by molar-refractivity contribution is 6.60. The van der Waals surface area contributed by atoms with E-state index in [2.05, 4.69) is 0 Å². The van der Waals surface area contributed by atoms with Crippen molar-refractivity contribution in [2.75, 3.05) is 60.6 Å². The predicted octanol–water partition coefficient (Wildman–Crippen LogP) is -0.497. The minimum atomic E-state index is -2.74. The molecule has 0 aromatic heterocycles. The smallest absolute Gasteiger partial charge is 0.481 e. The van der Waals surface area contributed by atoms with Crippen LogP contribution in [0.5, 0.6) is 0 Å². The molecular formula is C15H30N2O9Si. The van der Waals surface area contributed by atoms with Crippen LogP contribution >= 0.6 is 0 Å². The zero-order valence-corrected chi connectivity index (χ0v) is 17.0. The normalized spacial score (nSPS) is 11.9. The largest absolute Gasteiger partial charge is 0.500 e. The maximum atomic E-state index is 11.1. The van der Waals surface area contributed by atoms with Crippen LogP contribution in [0.25, 0.3) is 0 Å². The molecule has 0 aromatic rings. The van der Waals surface area contributed by atoms with Crippen molar-refractivity contribution >= 4 is 26.7 Å². The number of hydrogen-bond donors (Lipinski definition) is 3. The first-order valence-corrected chi connectivity index (χ1v) is 10.4. The van der Waals surface area contributed by atoms with Gasteiger partial charge in [0.25, 0.3) is 0 Å². The summed E-state index contributed by atoms with van der Waals surface area (Å²) in [6.07, 6.45) is 0.388. The molecule has 0 fully saturated rings. The average Bonchev–Trinajstić information content (AvgIpc) is 2.60. The highest BCUT2D eigenvalue weighted by atomic mass is 28.4. The van der Waals surface area contributed by atoms with E-state index in [1.54, 1.807) is 4.90 Å². The number of carboxylic acid groups (broad SMARTS) is 3. The van der Waals surface area contributed by atoms with Gasteiger partial charge >= 0.3 is 26.7 Å². The van der Waals surface area contributed by atoms with Crippen LogP contribution in [0, 0.1) is 0 Å². The third kappa shape index (κ3) is 11.7. The van der Waals surface area contributed by atoms with E-state index in [0.717, 1.165) is 0 Å². The van der Waals surface area contributed by atoms with Crippen molar-refractivity contribution in [1.29, 1.82) is 0 Å². The molecule has 158 valence electrons. The van der Waals surface area contributed by atoms with Crippen molar-refractivity contribution < 1.29 is 43.0 Å². The highest BCUT2D eigenvalue weighted by Gasteiger charge is 2.37. The number of nitrogens with zero attached hydrogens (tertiary/aromatic N) is 2. The standard InChI is InChI=1S/C15H30N2O9Si/c1-24-27(25-2,26-3)10-4-6-16(11-14(20)21)8-9-17(12-15(22)23)7-5-13(18)19/h4-12H2,1-3H3,(H,18,19)(H,20,21)(H,22,23). The Morgan fingerprint density at radius 2 is 1.19 bits per heavy atom. The molecule has 0 rings (SSSR count). The summed E-state index contributed by atoms with van der Waals surface area (Å²) in [5.41, 5.74) is 0. The van der Waals surface area contributed by atoms with Gasteiger partial charge in [0.1, 0.15) is 0 Å². The zero-order valence-electron chi connectivity index (χ0n) is 16.0. The molecule has 0 spiro atoms. The van der Waals surface area contributed by atoms with E-state index < -0.39 is 26.7 Å². The van der Waals surface area contributed by atoms with Gasteiger partial charge in [-0.05, 0) is 13.0 Å². The topological polar surface area (TPSA) is 146 Å². The molecule has 0 bridgehead atoms. The number of rotatable bonds is 17. The van der Waals surface area contributed by atoms with Crippen LogP contribution in [-0.2, 0) is 27.7 Å². The van der Waals surface area contributed by atoms with Crippen LogP contribution in [0.2, 0.25) is 6.04 Å². The average molecular weight is 410 g/mol. The first-order valence-electron chi connectivity index (χ1n) is 8.43. The Bertz CT molecular complexity index is 466. The fourth-order valence-electron chi connectivity index (χ4n) is 2.53. The van der Waals surface area contributed by atoms with E-state index in [1.807, 2.05) is 0 Å². The van der Waals surface area contributed by atoms with E-state index in [9.17, 15) is 14.4 Å². The van der Waals surface area contributed by atoms with Gasteiger partial charge in [-0.3, -0.25) is 24.2 Å². The van der Waals surface area contributed by atoms with Gasteiger partial charge in [0.05, 0.1) is 19.5 Å². The molecule has 0 aromatic carbocycles. The molecule has 27 heavy (non-hydrogen) atoms. The Hall–Kier alpha value is -1.57. The van der Waals surface area contributed by atoms with E-state index in [-0.39, 0.29) is 32.6 Å². The summed E-state index contributed by atoms with van der Waals surface area (Å²) in [6, 6.07) is 0.504. The monoisotopic (exact) mass is 410 g/mol. The molecule has 11 nitrogen and oxygen atoms in total. The second-order valence-corrected chi connectivity index (χ2v) is 8.97. The molecule has 0 amide bonds. The van der Waals surface area contributed by atoms with Gasteiger partial charge < -0.3 is 28.6 Å². The van der Waals surface area contributed by atoms with E-state index in [4.69, 9.17) is 28.6 Å². The molecule has 0 radical (unpaired) electrons. The van der Waals surface area contributed by atoms with E-state index in [1.165, 1.54) is 26.2 Å². The van der Waals surface area contributed by atoms with E-state index >= 15 is 0 Å². The quantitative estimate of drug-likeness (QED) is 0.267. The summed E-state index contributed by atoms with van der Waals surface area (Å²) in [7, 11) is 1.76. The van der Waals surface area contributed by atoms with Gasteiger partial charge in [-0.15, -0.1) is 0 Å². The summed E-state index contributed by atoms with van der Waals surface area (Å²) >= 11 is 0. The van der Waals surface area contributed by atoms with Crippen LogP contribution in [0.15, 0.2) is 0 Å². The number of aliphatic carboxylic acids is 3. The number of carbonyl (C=O) groups is 3. The predicted molar refractivity (Wildman–Crippen MR) is 96.6 cm³/mol. The minimum absolute atomic E-state index is 0.0790. The third-order valence-corrected chi connectivity index (χ3v) is 6.81. The fraction of sp³-hybridized carbons (Fsp3) is 0.800. The molecule has 0 unspecified atom stereocenters. The Balaban J connectivity index is 4.70. The molecular weight excluding hydrogens is 380 g/mol. The van der Waals surface area contributed by atoms with Crippen LogP contribution in [-0.4, -0.2) is 112 Å². The highest BCUT2D eigenvalue weighted by Crippen LogP contribution is 2.15. The first-order chi connectivity index (χ1) is 12.7. The molecule has 0 atom stereocenters. The van der Waals surface area contributed by atoms with Gasteiger partial charge in [-0.2, -0.15) is 0 Å². The van der Waals surface area contributed by atoms with Crippen LogP contribution < -0.4 is 0 Å². The van der Waals surface area contributed by atoms with Crippen molar-refractivity contribution in [2.45, 2.75) is 18.9 Å². The zero-order chi connectivity index (χ0) is 20.9. The SMILES string of the molecule is CO[Si](CCCN(CCN(CCC(=O)O)CC(=O)O)CC(=O)O)(OC)OC. The lowest BCUT2D eigenvalue weighted by molar-refractivity contribution is -0.141.